The molecule has 0 saturated carbocycles. The molecule has 1 aromatic carbocycles. The first-order valence-corrected chi connectivity index (χ1v) is 15.2. The van der Waals surface area contributed by atoms with Gasteiger partial charge in [0.05, 0.1) is 6.33 Å². The molecule has 15 nitrogen and oxygen atoms in total. The average molecular weight is 643 g/mol. The zero-order valence-electron chi connectivity index (χ0n) is 27.3. The van der Waals surface area contributed by atoms with Gasteiger partial charge >= 0.3 is 12.1 Å². The number of nitrogens with one attached hydrogen (secondary N) is 1. The number of methoxy groups -OCH3 is 1. The zero-order valence-corrected chi connectivity index (χ0v) is 27.3. The van der Waals surface area contributed by atoms with Crippen LogP contribution in [-0.2, 0) is 35.1 Å². The molecule has 3 heterocycles. The van der Waals surface area contributed by atoms with Crippen LogP contribution in [0, 0.1) is 0 Å². The molecule has 5 N–H and O–H groups in total. The minimum Gasteiger partial charge on any atom is -0.459 e. The molecule has 0 radical (unpaired) electrons. The van der Waals surface area contributed by atoms with E-state index in [1.165, 1.54) is 6.33 Å². The smallest absolute Gasteiger partial charge is 0.408 e. The van der Waals surface area contributed by atoms with Gasteiger partial charge in [-0.2, -0.15) is 0 Å². The lowest BCUT2D eigenvalue weighted by Crippen LogP contribution is -2.48. The lowest BCUT2D eigenvalue weighted by molar-refractivity contribution is -0.162. The topological polar surface area (TPSA) is 191 Å². The molecule has 252 valence electrons. The molecule has 3 aromatic rings. The number of nitrogens with two attached hydrogens (primary N) is 2. The van der Waals surface area contributed by atoms with Crippen molar-refractivity contribution in [3.8, 4) is 0 Å². The molecular weight excluding hydrogens is 596 g/mol. The summed E-state index contributed by atoms with van der Waals surface area (Å²) in [5.41, 5.74) is 13.1. The third-order valence-corrected chi connectivity index (χ3v) is 7.25. The van der Waals surface area contributed by atoms with Crippen molar-refractivity contribution in [1.29, 1.82) is 0 Å². The molecule has 1 saturated heterocycles. The monoisotopic (exact) mass is 642 g/mol. The number of ether oxygens (including phenoxy) is 5. The summed E-state index contributed by atoms with van der Waals surface area (Å²) in [6.45, 7) is 10.5. The van der Waals surface area contributed by atoms with Gasteiger partial charge in [-0.05, 0) is 46.6 Å². The van der Waals surface area contributed by atoms with Crippen molar-refractivity contribution < 1.29 is 33.3 Å². The molecule has 1 amide bonds. The van der Waals surface area contributed by atoms with Crippen LogP contribution in [0.25, 0.3) is 11.2 Å². The predicted octanol–water partition coefficient (Wildman–Crippen LogP) is 2.36. The molecule has 1 aliphatic rings. The van der Waals surface area contributed by atoms with Crippen LogP contribution < -0.4 is 16.8 Å². The molecule has 0 bridgehead atoms. The van der Waals surface area contributed by atoms with Gasteiger partial charge in [0.25, 0.3) is 0 Å². The number of amides is 1. The highest BCUT2D eigenvalue weighted by atomic mass is 16.8. The summed E-state index contributed by atoms with van der Waals surface area (Å²) in [6, 6.07) is 8.34. The first-order chi connectivity index (χ1) is 21.8. The van der Waals surface area contributed by atoms with Gasteiger partial charge in [0.15, 0.2) is 23.5 Å². The summed E-state index contributed by atoms with van der Waals surface area (Å²) < 4.78 is 31.4. The van der Waals surface area contributed by atoms with Crippen molar-refractivity contribution in [2.45, 2.75) is 83.5 Å². The van der Waals surface area contributed by atoms with Crippen molar-refractivity contribution in [3.05, 3.63) is 48.5 Å². The van der Waals surface area contributed by atoms with Gasteiger partial charge in [-0.15, -0.1) is 0 Å². The van der Waals surface area contributed by atoms with Crippen LogP contribution in [0.3, 0.4) is 0 Å². The Kier molecular flexibility index (Phi) is 11.5. The van der Waals surface area contributed by atoms with E-state index in [1.807, 2.05) is 49.1 Å². The van der Waals surface area contributed by atoms with E-state index in [9.17, 15) is 9.59 Å². The Morgan fingerprint density at radius 3 is 2.54 bits per heavy atom. The SMILES string of the molecule is COC(CN(CCN)CC[C@H](NC(=O)OC(C)(C)C)C(=O)OCc1ccccc1)[C@H]1OC(C)(C)O[C@H]1n1cnc2c(N)ncnc21. The maximum atomic E-state index is 13.2. The lowest BCUT2D eigenvalue weighted by atomic mass is 10.1. The summed E-state index contributed by atoms with van der Waals surface area (Å²) in [7, 11) is 1.59. The number of benzene rings is 1. The van der Waals surface area contributed by atoms with Crippen molar-refractivity contribution in [3.63, 3.8) is 0 Å². The quantitative estimate of drug-likeness (QED) is 0.217. The van der Waals surface area contributed by atoms with Crippen LogP contribution in [0.1, 0.15) is 52.8 Å². The fraction of sp³-hybridized carbons (Fsp3) is 0.581. The highest BCUT2D eigenvalue weighted by molar-refractivity contribution is 5.82. The third-order valence-electron chi connectivity index (χ3n) is 7.25. The number of hydrogen-bond donors (Lipinski definition) is 3. The number of nitrogen functional groups attached to an aromatic ring is 1. The molecule has 0 aliphatic carbocycles. The Bertz CT molecular complexity index is 1450. The van der Waals surface area contributed by atoms with E-state index >= 15 is 0 Å². The van der Waals surface area contributed by atoms with E-state index in [2.05, 4.69) is 20.3 Å². The largest absolute Gasteiger partial charge is 0.459 e. The van der Waals surface area contributed by atoms with Crippen LogP contribution >= 0.6 is 0 Å². The van der Waals surface area contributed by atoms with Gasteiger partial charge in [0, 0.05) is 33.3 Å². The molecule has 1 aliphatic heterocycles. The lowest BCUT2D eigenvalue weighted by Gasteiger charge is -2.32. The van der Waals surface area contributed by atoms with E-state index in [0.717, 1.165) is 5.56 Å². The number of rotatable bonds is 14. The number of imidazole rings is 1. The zero-order chi connectivity index (χ0) is 33.5. The number of hydrogen-bond acceptors (Lipinski definition) is 13. The molecule has 15 heteroatoms. The Morgan fingerprint density at radius 1 is 1.13 bits per heavy atom. The summed E-state index contributed by atoms with van der Waals surface area (Å²) >= 11 is 0. The number of carbonyl (C=O) groups is 2. The van der Waals surface area contributed by atoms with Gasteiger partial charge in [0.1, 0.15) is 42.3 Å². The minimum absolute atomic E-state index is 0.0696. The number of anilines is 1. The van der Waals surface area contributed by atoms with Crippen LogP contribution in [0.5, 0.6) is 0 Å². The van der Waals surface area contributed by atoms with E-state index in [4.69, 9.17) is 35.2 Å². The maximum absolute atomic E-state index is 13.2. The van der Waals surface area contributed by atoms with Gasteiger partial charge in [0.2, 0.25) is 0 Å². The Morgan fingerprint density at radius 2 is 1.87 bits per heavy atom. The number of aromatic nitrogens is 4. The first kappa shape index (κ1) is 35.0. The van der Waals surface area contributed by atoms with E-state index in [-0.39, 0.29) is 18.8 Å². The van der Waals surface area contributed by atoms with Crippen molar-refractivity contribution in [2.24, 2.45) is 5.73 Å². The maximum Gasteiger partial charge on any atom is 0.408 e. The first-order valence-electron chi connectivity index (χ1n) is 15.2. The van der Waals surface area contributed by atoms with Crippen LogP contribution in [-0.4, -0.2) is 99.4 Å². The standard InChI is InChI=1S/C31H46N8O7/c1-30(2,3)46-29(41)37-21(28(40)43-17-20-10-8-7-9-11-20)12-14-38(15-13-32)16-22(42-6)24-27(45-31(4,5)44-24)39-19-36-23-25(33)34-18-35-26(23)39/h7-11,18-19,21-22,24,27H,12-17,32H2,1-6H3,(H,37,41)(H2,33,34,35)/t21-,22?,24+,27+/m0/s1. The fourth-order valence-corrected chi connectivity index (χ4v) is 5.19. The Balaban J connectivity index is 1.49. The summed E-state index contributed by atoms with van der Waals surface area (Å²) in [5.74, 6) is -1.26. The van der Waals surface area contributed by atoms with E-state index in [1.54, 1.807) is 38.8 Å². The molecule has 1 unspecified atom stereocenters. The molecule has 46 heavy (non-hydrogen) atoms. The van der Waals surface area contributed by atoms with E-state index < -0.39 is 47.9 Å². The summed E-state index contributed by atoms with van der Waals surface area (Å²) in [6.07, 6.45) is 0.743. The van der Waals surface area contributed by atoms with Crippen LogP contribution in [0.4, 0.5) is 10.6 Å². The van der Waals surface area contributed by atoms with Crippen molar-refractivity contribution >= 4 is 29.0 Å². The number of esters is 1. The normalized spacial score (nSPS) is 19.2. The highest BCUT2D eigenvalue weighted by Crippen LogP contribution is 2.38. The van der Waals surface area contributed by atoms with Gasteiger partial charge in [-0.25, -0.2) is 24.5 Å². The third kappa shape index (κ3) is 9.33. The van der Waals surface area contributed by atoms with Crippen LogP contribution in [0.2, 0.25) is 0 Å². The molecule has 0 spiro atoms. The molecule has 2 aromatic heterocycles. The Hall–Kier alpha value is -3.89. The molecule has 4 rings (SSSR count). The Labute approximate surface area is 268 Å². The number of alkyl carbamates (subject to hydrolysis) is 1. The summed E-state index contributed by atoms with van der Waals surface area (Å²) in [4.78, 5) is 40.7. The number of fused-ring (bicyclic) bond motifs is 1. The molecule has 4 atom stereocenters. The fourth-order valence-electron chi connectivity index (χ4n) is 5.19. The van der Waals surface area contributed by atoms with Crippen molar-refractivity contribution in [2.75, 3.05) is 39.0 Å². The number of nitrogens with zero attached hydrogens (tertiary/aromatic N) is 5. The average Bonchev–Trinajstić information content (AvgIpc) is 3.57. The van der Waals surface area contributed by atoms with E-state index in [0.29, 0.717) is 37.3 Å². The van der Waals surface area contributed by atoms with Crippen molar-refractivity contribution in [1.82, 2.24) is 29.7 Å². The second kappa shape index (κ2) is 15.1. The van der Waals surface area contributed by atoms with Crippen LogP contribution in [0.15, 0.2) is 43.0 Å². The highest BCUT2D eigenvalue weighted by Gasteiger charge is 2.47. The predicted molar refractivity (Wildman–Crippen MR) is 169 cm³/mol. The minimum atomic E-state index is -0.972. The second-order valence-corrected chi connectivity index (χ2v) is 12.5. The second-order valence-electron chi connectivity index (χ2n) is 12.5. The molecule has 1 fully saturated rings. The van der Waals surface area contributed by atoms with Gasteiger partial charge < -0.3 is 40.5 Å². The van der Waals surface area contributed by atoms with Gasteiger partial charge in [-0.1, -0.05) is 30.3 Å². The number of carbonyl (C=O) groups excluding carboxylic acids is 2. The summed E-state index contributed by atoms with van der Waals surface area (Å²) in [5, 5.41) is 2.69. The molecular formula is C31H46N8O7. The van der Waals surface area contributed by atoms with Gasteiger partial charge in [-0.3, -0.25) is 9.47 Å².